The van der Waals surface area contributed by atoms with Crippen molar-refractivity contribution < 1.29 is 0 Å². The van der Waals surface area contributed by atoms with Crippen molar-refractivity contribution in [3.8, 4) is 0 Å². The highest BCUT2D eigenvalue weighted by atomic mass is 15.0. The molecule has 66 valence electrons. The molecule has 11 heavy (non-hydrogen) atoms. The molecule has 0 aromatic heterocycles. The Hall–Kier alpha value is -0.0400. The molecule has 1 N–H and O–H groups in total. The first-order valence-corrected chi connectivity index (χ1v) is 4.87. The van der Waals surface area contributed by atoms with Gasteiger partial charge in [0.1, 0.15) is 0 Å². The van der Waals surface area contributed by atoms with Crippen LogP contribution in [0.3, 0.4) is 0 Å². The van der Waals surface area contributed by atoms with E-state index in [2.05, 4.69) is 26.1 Å². The van der Waals surface area contributed by atoms with Gasteiger partial charge in [-0.3, -0.25) is 0 Å². The van der Waals surface area contributed by atoms with E-state index in [-0.39, 0.29) is 0 Å². The summed E-state index contributed by atoms with van der Waals surface area (Å²) in [5, 5.41) is 3.63. The van der Waals surface area contributed by atoms with Crippen molar-refractivity contribution in [2.24, 2.45) is 5.92 Å². The molecule has 0 radical (unpaired) electrons. The van der Waals surface area contributed by atoms with E-state index in [1.165, 1.54) is 32.2 Å². The van der Waals surface area contributed by atoms with Crippen molar-refractivity contribution in [1.29, 1.82) is 0 Å². The van der Waals surface area contributed by atoms with Crippen LogP contribution in [0.2, 0.25) is 0 Å². The Morgan fingerprint density at radius 3 is 2.36 bits per heavy atom. The van der Waals surface area contributed by atoms with Crippen molar-refractivity contribution in [2.75, 3.05) is 6.54 Å². The lowest BCUT2D eigenvalue weighted by Crippen LogP contribution is -2.48. The Balaban J connectivity index is 2.02. The largest absolute Gasteiger partial charge is 0.312 e. The van der Waals surface area contributed by atoms with Crippen LogP contribution in [-0.2, 0) is 0 Å². The highest BCUT2D eigenvalue weighted by Crippen LogP contribution is 2.30. The maximum absolute atomic E-state index is 3.63. The topological polar surface area (TPSA) is 12.0 Å². The molecule has 0 heterocycles. The summed E-state index contributed by atoms with van der Waals surface area (Å²) in [6, 6.07) is 0. The molecule has 1 saturated carbocycles. The van der Waals surface area contributed by atoms with Crippen LogP contribution in [0.15, 0.2) is 0 Å². The molecule has 1 rings (SSSR count). The maximum atomic E-state index is 3.63. The molecule has 0 bridgehead atoms. The van der Waals surface area contributed by atoms with E-state index in [0.29, 0.717) is 5.54 Å². The van der Waals surface area contributed by atoms with Gasteiger partial charge in [0.05, 0.1) is 0 Å². The number of hydrogen-bond donors (Lipinski definition) is 1. The van der Waals surface area contributed by atoms with Crippen molar-refractivity contribution in [1.82, 2.24) is 5.32 Å². The van der Waals surface area contributed by atoms with Gasteiger partial charge in [-0.05, 0) is 45.1 Å². The minimum absolute atomic E-state index is 0.509. The Labute approximate surface area is 70.6 Å². The van der Waals surface area contributed by atoms with Gasteiger partial charge in [0.25, 0.3) is 0 Å². The van der Waals surface area contributed by atoms with Gasteiger partial charge in [-0.2, -0.15) is 0 Å². The summed E-state index contributed by atoms with van der Waals surface area (Å²) in [5.41, 5.74) is 0.509. The van der Waals surface area contributed by atoms with Gasteiger partial charge in [-0.15, -0.1) is 0 Å². The van der Waals surface area contributed by atoms with Crippen LogP contribution in [0.5, 0.6) is 0 Å². The highest BCUT2D eigenvalue weighted by molar-refractivity contribution is 4.91. The summed E-state index contributed by atoms with van der Waals surface area (Å²) in [7, 11) is 0. The number of hydrogen-bond acceptors (Lipinski definition) is 1. The monoisotopic (exact) mass is 155 g/mol. The molecule has 0 aliphatic heterocycles. The maximum Gasteiger partial charge on any atom is 0.0153 e. The molecular weight excluding hydrogens is 134 g/mol. The van der Waals surface area contributed by atoms with E-state index in [4.69, 9.17) is 0 Å². The van der Waals surface area contributed by atoms with Gasteiger partial charge in [0, 0.05) is 5.54 Å². The zero-order valence-electron chi connectivity index (χ0n) is 8.11. The van der Waals surface area contributed by atoms with Crippen molar-refractivity contribution in [3.05, 3.63) is 0 Å². The van der Waals surface area contributed by atoms with Gasteiger partial charge in [0.2, 0.25) is 0 Å². The predicted molar refractivity (Wildman–Crippen MR) is 49.7 cm³/mol. The highest BCUT2D eigenvalue weighted by Gasteiger charge is 2.30. The standard InChI is InChI=1S/C10H21N/c1-9(2)5-8-11-10(3)6-4-7-10/h9,11H,4-8H2,1-3H3. The van der Waals surface area contributed by atoms with Crippen molar-refractivity contribution >= 4 is 0 Å². The smallest absolute Gasteiger partial charge is 0.0153 e. The van der Waals surface area contributed by atoms with Gasteiger partial charge < -0.3 is 5.32 Å². The van der Waals surface area contributed by atoms with E-state index in [0.717, 1.165) is 5.92 Å². The van der Waals surface area contributed by atoms with Crippen molar-refractivity contribution in [3.63, 3.8) is 0 Å². The zero-order valence-corrected chi connectivity index (χ0v) is 8.11. The van der Waals surface area contributed by atoms with Crippen LogP contribution >= 0.6 is 0 Å². The van der Waals surface area contributed by atoms with Crippen LogP contribution < -0.4 is 5.32 Å². The fraction of sp³-hybridized carbons (Fsp3) is 1.00. The van der Waals surface area contributed by atoms with E-state index in [9.17, 15) is 0 Å². The average molecular weight is 155 g/mol. The molecule has 0 aromatic rings. The van der Waals surface area contributed by atoms with E-state index in [1.54, 1.807) is 0 Å². The summed E-state index contributed by atoms with van der Waals surface area (Å²) < 4.78 is 0. The summed E-state index contributed by atoms with van der Waals surface area (Å²) in [4.78, 5) is 0. The first-order valence-electron chi connectivity index (χ1n) is 4.87. The van der Waals surface area contributed by atoms with Crippen molar-refractivity contribution in [2.45, 2.75) is 52.0 Å². The summed E-state index contributed by atoms with van der Waals surface area (Å²) in [5.74, 6) is 0.839. The normalized spacial score (nSPS) is 21.8. The molecule has 0 atom stereocenters. The summed E-state index contributed by atoms with van der Waals surface area (Å²) >= 11 is 0. The average Bonchev–Trinajstić information content (AvgIpc) is 1.83. The first-order chi connectivity index (χ1) is 5.12. The second-order valence-corrected chi connectivity index (χ2v) is 4.52. The molecule has 0 unspecified atom stereocenters. The molecular formula is C10H21N. The van der Waals surface area contributed by atoms with E-state index < -0.39 is 0 Å². The predicted octanol–water partition coefficient (Wildman–Crippen LogP) is 2.56. The third-order valence-electron chi connectivity index (χ3n) is 2.73. The van der Waals surface area contributed by atoms with Gasteiger partial charge in [0.15, 0.2) is 0 Å². The molecule has 0 spiro atoms. The molecule has 1 heteroatoms. The molecule has 0 saturated heterocycles. The fourth-order valence-corrected chi connectivity index (χ4v) is 1.55. The fourth-order valence-electron chi connectivity index (χ4n) is 1.55. The summed E-state index contributed by atoms with van der Waals surface area (Å²) in [6.45, 7) is 8.11. The quantitative estimate of drug-likeness (QED) is 0.658. The lowest BCUT2D eigenvalue weighted by molar-refractivity contribution is 0.206. The van der Waals surface area contributed by atoms with Crippen LogP contribution in [0.4, 0.5) is 0 Å². The number of rotatable bonds is 4. The first kappa shape index (κ1) is 9.05. The second-order valence-electron chi connectivity index (χ2n) is 4.52. The van der Waals surface area contributed by atoms with E-state index >= 15 is 0 Å². The Kier molecular flexibility index (Phi) is 2.94. The minimum atomic E-state index is 0.509. The van der Waals surface area contributed by atoms with Crippen LogP contribution in [0.25, 0.3) is 0 Å². The van der Waals surface area contributed by atoms with Crippen LogP contribution in [0.1, 0.15) is 46.5 Å². The SMILES string of the molecule is CC(C)CCNC1(C)CCC1. The van der Waals surface area contributed by atoms with Crippen LogP contribution in [-0.4, -0.2) is 12.1 Å². The third-order valence-corrected chi connectivity index (χ3v) is 2.73. The second kappa shape index (κ2) is 3.57. The zero-order chi connectivity index (χ0) is 8.32. The van der Waals surface area contributed by atoms with Gasteiger partial charge in [-0.1, -0.05) is 13.8 Å². The van der Waals surface area contributed by atoms with E-state index in [1.807, 2.05) is 0 Å². The molecule has 1 aliphatic carbocycles. The molecule has 1 nitrogen and oxygen atoms in total. The lowest BCUT2D eigenvalue weighted by Gasteiger charge is -2.39. The Morgan fingerprint density at radius 1 is 1.36 bits per heavy atom. The molecule has 1 fully saturated rings. The molecule has 0 amide bonds. The molecule has 0 aromatic carbocycles. The molecule has 1 aliphatic rings. The number of nitrogens with one attached hydrogen (secondary N) is 1. The van der Waals surface area contributed by atoms with Gasteiger partial charge in [-0.25, -0.2) is 0 Å². The minimum Gasteiger partial charge on any atom is -0.312 e. The third kappa shape index (κ3) is 2.82. The van der Waals surface area contributed by atoms with Gasteiger partial charge >= 0.3 is 0 Å². The lowest BCUT2D eigenvalue weighted by atomic mass is 9.78. The van der Waals surface area contributed by atoms with Crippen LogP contribution in [0, 0.1) is 5.92 Å². The Bertz CT molecular complexity index is 114. The Morgan fingerprint density at radius 2 is 2.00 bits per heavy atom. The summed E-state index contributed by atoms with van der Waals surface area (Å²) in [6.07, 6.45) is 5.50.